The maximum Gasteiger partial charge on any atom is 0.345 e. The van der Waals surface area contributed by atoms with Crippen molar-refractivity contribution in [3.05, 3.63) is 40.5 Å². The number of aromatic nitrogens is 2. The number of benzene rings is 1. The molecule has 1 unspecified atom stereocenters. The zero-order chi connectivity index (χ0) is 19.1. The number of carbonyl (C=O) groups excluding carboxylic acids is 1. The zero-order valence-corrected chi connectivity index (χ0v) is 16.2. The summed E-state index contributed by atoms with van der Waals surface area (Å²) in [6.07, 6.45) is 3.24. The minimum atomic E-state index is -1.40. The molecule has 0 fully saturated rings. The molecule has 0 N–H and O–H groups in total. The highest BCUT2D eigenvalue weighted by atomic mass is 35.5. The number of esters is 1. The highest BCUT2D eigenvalue weighted by Gasteiger charge is 2.18. The molecule has 0 aliphatic heterocycles. The maximum absolute atomic E-state index is 12.0. The number of methoxy groups -OCH3 is 1. The Balaban J connectivity index is 2.13. The molecule has 1 aromatic heterocycles. The molecular weight excluding hydrogens is 380 g/mol. The molecule has 0 amide bonds. The van der Waals surface area contributed by atoms with Crippen LogP contribution in [-0.4, -0.2) is 46.7 Å². The molecule has 26 heavy (non-hydrogen) atoms. The van der Waals surface area contributed by atoms with Gasteiger partial charge in [-0.15, -0.1) is 0 Å². The summed E-state index contributed by atoms with van der Waals surface area (Å²) in [6.45, 7) is 2.15. The van der Waals surface area contributed by atoms with E-state index in [0.717, 1.165) is 5.56 Å². The largest absolute Gasteiger partial charge is 0.495 e. The average Bonchev–Trinajstić information content (AvgIpc) is 2.62. The van der Waals surface area contributed by atoms with Crippen molar-refractivity contribution < 1.29 is 23.2 Å². The maximum atomic E-state index is 12.0. The predicted octanol–water partition coefficient (Wildman–Crippen LogP) is 2.67. The van der Waals surface area contributed by atoms with E-state index < -0.39 is 16.8 Å². The van der Waals surface area contributed by atoms with Gasteiger partial charge in [0.1, 0.15) is 11.3 Å². The van der Waals surface area contributed by atoms with E-state index in [4.69, 9.17) is 25.8 Å². The molecule has 1 aromatic carbocycles. The van der Waals surface area contributed by atoms with Gasteiger partial charge in [0, 0.05) is 12.7 Å². The van der Waals surface area contributed by atoms with Crippen LogP contribution in [0.25, 0.3) is 0 Å². The number of hydrogen-bond acceptors (Lipinski definition) is 7. The Morgan fingerprint density at radius 1 is 1.35 bits per heavy atom. The second-order valence-corrected chi connectivity index (χ2v) is 6.79. The third-order valence-electron chi connectivity index (χ3n) is 3.33. The van der Waals surface area contributed by atoms with Gasteiger partial charge in [-0.3, -0.25) is 4.21 Å². The van der Waals surface area contributed by atoms with Gasteiger partial charge in [0.05, 0.1) is 42.3 Å². The van der Waals surface area contributed by atoms with Crippen molar-refractivity contribution in [3.63, 3.8) is 0 Å². The van der Waals surface area contributed by atoms with E-state index >= 15 is 0 Å². The van der Waals surface area contributed by atoms with E-state index in [1.54, 1.807) is 26.2 Å². The Hall–Kier alpha value is -2.19. The molecule has 0 saturated carbocycles. The van der Waals surface area contributed by atoms with Crippen LogP contribution in [0.5, 0.6) is 11.6 Å². The van der Waals surface area contributed by atoms with Gasteiger partial charge in [-0.2, -0.15) is 4.98 Å². The Morgan fingerprint density at radius 2 is 2.12 bits per heavy atom. The van der Waals surface area contributed by atoms with Gasteiger partial charge in [0.25, 0.3) is 0 Å². The van der Waals surface area contributed by atoms with Gasteiger partial charge in [-0.25, -0.2) is 9.78 Å². The lowest BCUT2D eigenvalue weighted by molar-refractivity contribution is 0.0519. The van der Waals surface area contributed by atoms with Crippen LogP contribution >= 0.6 is 11.6 Å². The van der Waals surface area contributed by atoms with Crippen LogP contribution in [0.1, 0.15) is 22.8 Å². The number of nitrogens with zero attached hydrogens (tertiary/aromatic N) is 2. The highest BCUT2D eigenvalue weighted by molar-refractivity contribution is 7.84. The monoisotopic (exact) mass is 398 g/mol. The third kappa shape index (κ3) is 5.15. The Morgan fingerprint density at radius 3 is 2.73 bits per heavy atom. The summed E-state index contributed by atoms with van der Waals surface area (Å²) in [5, 5.41) is 0.587. The van der Waals surface area contributed by atoms with E-state index in [1.165, 1.54) is 12.5 Å². The number of rotatable bonds is 8. The van der Waals surface area contributed by atoms with Crippen LogP contribution in [-0.2, 0) is 22.0 Å². The van der Waals surface area contributed by atoms with Gasteiger partial charge in [0.15, 0.2) is 0 Å². The first-order valence-corrected chi connectivity index (χ1v) is 9.72. The Labute approximate surface area is 159 Å². The van der Waals surface area contributed by atoms with Crippen molar-refractivity contribution in [2.75, 3.05) is 26.6 Å². The topological polar surface area (TPSA) is 87.6 Å². The zero-order valence-electron chi connectivity index (χ0n) is 14.7. The standard InChI is InChI=1S/C17H19ClN2O5S/c1-4-24-16(21)12-10-19-17(26(3)22)20-15(12)25-8-7-11-5-6-14(23-2)13(18)9-11/h5-6,9-10H,4,7-8H2,1-3H3. The molecule has 0 radical (unpaired) electrons. The van der Waals surface area contributed by atoms with Crippen molar-refractivity contribution in [3.8, 4) is 11.6 Å². The minimum absolute atomic E-state index is 0.0447. The number of ether oxygens (including phenoxy) is 3. The molecule has 0 aliphatic rings. The summed E-state index contributed by atoms with van der Waals surface area (Å²) in [7, 11) is 0.148. The summed E-state index contributed by atoms with van der Waals surface area (Å²) in [4.78, 5) is 20.0. The SMILES string of the molecule is CCOC(=O)c1cnc(S(C)=O)nc1OCCc1ccc(OC)c(Cl)c1. The van der Waals surface area contributed by atoms with Gasteiger partial charge in [0.2, 0.25) is 11.0 Å². The summed E-state index contributed by atoms with van der Waals surface area (Å²) < 4.78 is 27.3. The number of carbonyl (C=O) groups is 1. The second-order valence-electron chi connectivity index (χ2n) is 5.11. The van der Waals surface area contributed by atoms with Gasteiger partial charge < -0.3 is 14.2 Å². The van der Waals surface area contributed by atoms with Crippen LogP contribution in [0.4, 0.5) is 0 Å². The quantitative estimate of drug-likeness (QED) is 0.499. The molecule has 1 heterocycles. The highest BCUT2D eigenvalue weighted by Crippen LogP contribution is 2.25. The van der Waals surface area contributed by atoms with Crippen LogP contribution < -0.4 is 9.47 Å². The minimum Gasteiger partial charge on any atom is -0.495 e. The van der Waals surface area contributed by atoms with Gasteiger partial charge >= 0.3 is 5.97 Å². The van der Waals surface area contributed by atoms with Crippen molar-refractivity contribution in [2.24, 2.45) is 0 Å². The molecule has 9 heteroatoms. The smallest absolute Gasteiger partial charge is 0.345 e. The first kappa shape index (κ1) is 20.1. The molecular formula is C17H19ClN2O5S. The van der Waals surface area contributed by atoms with E-state index in [2.05, 4.69) is 9.97 Å². The van der Waals surface area contributed by atoms with E-state index in [-0.39, 0.29) is 29.8 Å². The fraction of sp³-hybridized carbons (Fsp3) is 0.353. The molecule has 2 rings (SSSR count). The van der Waals surface area contributed by atoms with Crippen LogP contribution in [0.15, 0.2) is 29.6 Å². The molecule has 140 valence electrons. The molecule has 2 aromatic rings. The van der Waals surface area contributed by atoms with E-state index in [0.29, 0.717) is 17.2 Å². The molecule has 0 aliphatic carbocycles. The number of hydrogen-bond donors (Lipinski definition) is 0. The van der Waals surface area contributed by atoms with Crippen molar-refractivity contribution in [1.82, 2.24) is 9.97 Å². The fourth-order valence-electron chi connectivity index (χ4n) is 2.08. The van der Waals surface area contributed by atoms with E-state index in [1.807, 2.05) is 6.07 Å². The average molecular weight is 399 g/mol. The lowest BCUT2D eigenvalue weighted by Gasteiger charge is -2.11. The summed E-state index contributed by atoms with van der Waals surface area (Å²) in [5.74, 6) is 0.0403. The molecule has 0 spiro atoms. The summed E-state index contributed by atoms with van der Waals surface area (Å²) in [5.41, 5.74) is 1.02. The lowest BCUT2D eigenvalue weighted by atomic mass is 10.1. The number of halogens is 1. The Kier molecular flexibility index (Phi) is 7.35. The summed E-state index contributed by atoms with van der Waals surface area (Å²) >= 11 is 6.10. The van der Waals surface area contributed by atoms with Crippen LogP contribution in [0, 0.1) is 0 Å². The predicted molar refractivity (Wildman–Crippen MR) is 97.5 cm³/mol. The fourth-order valence-corrected chi connectivity index (χ4v) is 2.77. The molecule has 0 saturated heterocycles. The van der Waals surface area contributed by atoms with Gasteiger partial charge in [-0.1, -0.05) is 17.7 Å². The molecule has 1 atom stereocenters. The van der Waals surface area contributed by atoms with Crippen LogP contribution in [0.3, 0.4) is 0 Å². The summed E-state index contributed by atoms with van der Waals surface area (Å²) in [6, 6.07) is 5.42. The first-order chi connectivity index (χ1) is 12.5. The normalized spacial score (nSPS) is 11.7. The van der Waals surface area contributed by atoms with Crippen LogP contribution in [0.2, 0.25) is 5.02 Å². The lowest BCUT2D eigenvalue weighted by Crippen LogP contribution is -2.13. The van der Waals surface area contributed by atoms with E-state index in [9.17, 15) is 9.00 Å². The second kappa shape index (κ2) is 9.49. The van der Waals surface area contributed by atoms with Crippen molar-refractivity contribution in [1.29, 1.82) is 0 Å². The molecule has 0 bridgehead atoms. The van der Waals surface area contributed by atoms with Gasteiger partial charge in [-0.05, 0) is 24.6 Å². The van der Waals surface area contributed by atoms with Crippen molar-refractivity contribution >= 4 is 28.4 Å². The Bertz CT molecular complexity index is 816. The van der Waals surface area contributed by atoms with Crippen molar-refractivity contribution in [2.45, 2.75) is 18.5 Å². The third-order valence-corrected chi connectivity index (χ3v) is 4.34. The molecule has 7 nitrogen and oxygen atoms in total. The first-order valence-electron chi connectivity index (χ1n) is 7.79.